The van der Waals surface area contributed by atoms with Crippen LogP contribution in [-0.2, 0) is 6.61 Å². The second kappa shape index (κ2) is 7.97. The molecule has 0 spiro atoms. The Balaban J connectivity index is 1.68. The van der Waals surface area contributed by atoms with Crippen LogP contribution in [0.3, 0.4) is 0 Å². The molecule has 0 aliphatic carbocycles. The summed E-state index contributed by atoms with van der Waals surface area (Å²) in [7, 11) is 1.59. The molecule has 0 radical (unpaired) electrons. The minimum atomic E-state index is -0.474. The van der Waals surface area contributed by atoms with Crippen LogP contribution in [0.4, 0.5) is 4.39 Å². The van der Waals surface area contributed by atoms with Gasteiger partial charge < -0.3 is 13.9 Å². The third kappa shape index (κ3) is 3.96. The maximum atomic E-state index is 13.9. The van der Waals surface area contributed by atoms with Crippen LogP contribution < -0.4 is 15.1 Å². The smallest absolute Gasteiger partial charge is 0.336 e. The third-order valence-electron chi connectivity index (χ3n) is 4.56. The molecule has 0 unspecified atom stereocenters. The zero-order valence-electron chi connectivity index (χ0n) is 15.4. The van der Waals surface area contributed by atoms with E-state index in [1.54, 1.807) is 31.4 Å². The van der Waals surface area contributed by atoms with Gasteiger partial charge in [0, 0.05) is 23.1 Å². The van der Waals surface area contributed by atoms with Gasteiger partial charge in [-0.2, -0.15) is 0 Å². The summed E-state index contributed by atoms with van der Waals surface area (Å²) in [4.78, 5) is 12.1. The van der Waals surface area contributed by atoms with E-state index in [-0.39, 0.29) is 12.2 Å². The van der Waals surface area contributed by atoms with E-state index < -0.39 is 11.4 Å². The van der Waals surface area contributed by atoms with Gasteiger partial charge in [0.1, 0.15) is 29.5 Å². The SMILES string of the molecule is COc1ccc(-c2cc(=O)oc3cc(OCc4c(F)cccc4Cl)ccc23)cc1. The predicted octanol–water partition coefficient (Wildman–Crippen LogP) is 5.84. The highest BCUT2D eigenvalue weighted by Gasteiger charge is 2.11. The first-order chi connectivity index (χ1) is 14.0. The fourth-order valence-electron chi connectivity index (χ4n) is 3.07. The van der Waals surface area contributed by atoms with Gasteiger partial charge in [0.2, 0.25) is 0 Å². The summed E-state index contributed by atoms with van der Waals surface area (Å²) in [6.07, 6.45) is 0. The highest BCUT2D eigenvalue weighted by atomic mass is 35.5. The first kappa shape index (κ1) is 19.0. The van der Waals surface area contributed by atoms with Crippen molar-refractivity contribution in [2.24, 2.45) is 0 Å². The molecule has 4 aromatic rings. The number of methoxy groups -OCH3 is 1. The summed E-state index contributed by atoms with van der Waals surface area (Å²) in [6, 6.07) is 18.5. The topological polar surface area (TPSA) is 48.7 Å². The van der Waals surface area contributed by atoms with Crippen LogP contribution >= 0.6 is 11.6 Å². The van der Waals surface area contributed by atoms with Crippen LogP contribution in [0, 0.1) is 5.82 Å². The molecule has 146 valence electrons. The van der Waals surface area contributed by atoms with Crippen molar-refractivity contribution in [3.05, 3.63) is 93.6 Å². The molecule has 29 heavy (non-hydrogen) atoms. The lowest BCUT2D eigenvalue weighted by Gasteiger charge is -2.11. The van der Waals surface area contributed by atoms with Crippen molar-refractivity contribution in [3.8, 4) is 22.6 Å². The van der Waals surface area contributed by atoms with Gasteiger partial charge >= 0.3 is 5.63 Å². The molecule has 0 bridgehead atoms. The van der Waals surface area contributed by atoms with E-state index >= 15 is 0 Å². The van der Waals surface area contributed by atoms with Gasteiger partial charge in [-0.25, -0.2) is 9.18 Å². The van der Waals surface area contributed by atoms with Crippen molar-refractivity contribution in [2.45, 2.75) is 6.61 Å². The van der Waals surface area contributed by atoms with Gasteiger partial charge in [-0.05, 0) is 47.5 Å². The Morgan fingerprint density at radius 1 is 1.00 bits per heavy atom. The Bertz CT molecular complexity index is 1210. The Hall–Kier alpha value is -3.31. The highest BCUT2D eigenvalue weighted by Crippen LogP contribution is 2.31. The maximum absolute atomic E-state index is 13.9. The zero-order chi connectivity index (χ0) is 20.4. The summed E-state index contributed by atoms with van der Waals surface area (Å²) in [5, 5.41) is 1.05. The monoisotopic (exact) mass is 410 g/mol. The molecule has 1 aromatic heterocycles. The van der Waals surface area contributed by atoms with E-state index in [9.17, 15) is 9.18 Å². The summed E-state index contributed by atoms with van der Waals surface area (Å²) < 4.78 is 30.1. The number of benzene rings is 3. The summed E-state index contributed by atoms with van der Waals surface area (Å²) in [5.74, 6) is 0.724. The van der Waals surface area contributed by atoms with Crippen molar-refractivity contribution in [1.82, 2.24) is 0 Å². The standard InChI is InChI=1S/C23H16ClFO4/c1-27-15-7-5-14(6-8-15)18-12-23(26)29-22-11-16(9-10-17(18)22)28-13-19-20(24)3-2-4-21(19)25/h2-12H,13H2,1H3. The van der Waals surface area contributed by atoms with Gasteiger partial charge in [0.05, 0.1) is 12.1 Å². The molecule has 6 heteroatoms. The first-order valence-corrected chi connectivity index (χ1v) is 9.21. The van der Waals surface area contributed by atoms with Crippen molar-refractivity contribution < 1.29 is 18.3 Å². The van der Waals surface area contributed by atoms with Gasteiger partial charge in [0.15, 0.2) is 0 Å². The molecule has 0 aliphatic heterocycles. The zero-order valence-corrected chi connectivity index (χ0v) is 16.2. The first-order valence-electron chi connectivity index (χ1n) is 8.83. The van der Waals surface area contributed by atoms with Crippen molar-refractivity contribution in [3.63, 3.8) is 0 Å². The summed E-state index contributed by atoms with van der Waals surface area (Å²) in [5.41, 5.74) is 1.76. The van der Waals surface area contributed by atoms with Crippen LogP contribution in [0.5, 0.6) is 11.5 Å². The molecule has 0 fully saturated rings. The average Bonchev–Trinajstić information content (AvgIpc) is 2.72. The Labute approximate surface area is 171 Å². The predicted molar refractivity (Wildman–Crippen MR) is 110 cm³/mol. The molecule has 0 N–H and O–H groups in total. The Kier molecular flexibility index (Phi) is 5.23. The Morgan fingerprint density at radius 2 is 1.76 bits per heavy atom. The second-order valence-electron chi connectivity index (χ2n) is 6.35. The van der Waals surface area contributed by atoms with E-state index in [1.165, 1.54) is 18.2 Å². The molecule has 0 saturated carbocycles. The summed E-state index contributed by atoms with van der Waals surface area (Å²) >= 11 is 6.03. The molecule has 4 nitrogen and oxygen atoms in total. The number of hydrogen-bond donors (Lipinski definition) is 0. The van der Waals surface area contributed by atoms with Gasteiger partial charge in [-0.1, -0.05) is 29.8 Å². The van der Waals surface area contributed by atoms with Crippen LogP contribution in [0.25, 0.3) is 22.1 Å². The minimum absolute atomic E-state index is 0.0422. The lowest BCUT2D eigenvalue weighted by molar-refractivity contribution is 0.300. The van der Waals surface area contributed by atoms with Crippen LogP contribution in [0.2, 0.25) is 5.02 Å². The molecule has 0 saturated heterocycles. The quantitative estimate of drug-likeness (QED) is 0.388. The van der Waals surface area contributed by atoms with Crippen LogP contribution in [-0.4, -0.2) is 7.11 Å². The van der Waals surface area contributed by atoms with E-state index in [0.29, 0.717) is 16.4 Å². The molecule has 3 aromatic carbocycles. The largest absolute Gasteiger partial charge is 0.497 e. The molecular formula is C23H16ClFO4. The normalized spacial score (nSPS) is 10.9. The molecule has 4 rings (SSSR count). The van der Waals surface area contributed by atoms with Gasteiger partial charge in [-0.15, -0.1) is 0 Å². The van der Waals surface area contributed by atoms with Crippen LogP contribution in [0.15, 0.2) is 75.9 Å². The van der Waals surface area contributed by atoms with Crippen molar-refractivity contribution >= 4 is 22.6 Å². The van der Waals surface area contributed by atoms with Crippen molar-refractivity contribution in [1.29, 1.82) is 0 Å². The van der Waals surface area contributed by atoms with Crippen molar-refractivity contribution in [2.75, 3.05) is 7.11 Å². The molecule has 0 amide bonds. The van der Waals surface area contributed by atoms with Crippen LogP contribution in [0.1, 0.15) is 5.56 Å². The van der Waals surface area contributed by atoms with Gasteiger partial charge in [0.25, 0.3) is 0 Å². The Morgan fingerprint density at radius 3 is 2.48 bits per heavy atom. The lowest BCUT2D eigenvalue weighted by atomic mass is 10.0. The number of rotatable bonds is 5. The molecule has 1 heterocycles. The maximum Gasteiger partial charge on any atom is 0.336 e. The number of fused-ring (bicyclic) bond motifs is 1. The minimum Gasteiger partial charge on any atom is -0.497 e. The molecule has 0 aliphatic rings. The number of hydrogen-bond acceptors (Lipinski definition) is 4. The van der Waals surface area contributed by atoms with E-state index in [4.69, 9.17) is 25.5 Å². The summed E-state index contributed by atoms with van der Waals surface area (Å²) in [6.45, 7) is -0.0422. The fraction of sp³-hybridized carbons (Fsp3) is 0.0870. The van der Waals surface area contributed by atoms with E-state index in [2.05, 4.69) is 0 Å². The van der Waals surface area contributed by atoms with Gasteiger partial charge in [-0.3, -0.25) is 0 Å². The lowest BCUT2D eigenvalue weighted by Crippen LogP contribution is -2.01. The average molecular weight is 411 g/mol. The van der Waals surface area contributed by atoms with E-state index in [0.717, 1.165) is 22.3 Å². The fourth-order valence-corrected chi connectivity index (χ4v) is 3.29. The van der Waals surface area contributed by atoms with E-state index in [1.807, 2.05) is 24.3 Å². The highest BCUT2D eigenvalue weighted by molar-refractivity contribution is 6.31. The number of ether oxygens (including phenoxy) is 2. The third-order valence-corrected chi connectivity index (χ3v) is 4.92. The molecule has 0 atom stereocenters. The molecular weight excluding hydrogens is 395 g/mol. The number of halogens is 2. The second-order valence-corrected chi connectivity index (χ2v) is 6.76.